The molecule has 0 saturated carbocycles. The summed E-state index contributed by atoms with van der Waals surface area (Å²) in [5.41, 5.74) is 1.87. The van der Waals surface area contributed by atoms with Gasteiger partial charge in [0.25, 0.3) is 0 Å². The molecule has 0 spiro atoms. The average molecular weight is 651 g/mol. The zero-order chi connectivity index (χ0) is 31.7. The Morgan fingerprint density at radius 2 is 1.71 bits per heavy atom. The van der Waals surface area contributed by atoms with Gasteiger partial charge in [-0.3, -0.25) is 9.59 Å². The molecule has 3 heterocycles. The van der Waals surface area contributed by atoms with E-state index in [1.807, 2.05) is 55.6 Å². The Balaban J connectivity index is 1.46. The molecule has 2 aliphatic rings. The van der Waals surface area contributed by atoms with Crippen LogP contribution in [-0.4, -0.2) is 70.3 Å². The van der Waals surface area contributed by atoms with Gasteiger partial charge in [-0.15, -0.1) is 0 Å². The monoisotopic (exact) mass is 649 g/mol. The van der Waals surface area contributed by atoms with Gasteiger partial charge >= 0.3 is 6.03 Å². The first-order valence-corrected chi connectivity index (χ1v) is 15.8. The van der Waals surface area contributed by atoms with Crippen molar-refractivity contribution in [2.75, 3.05) is 32.7 Å². The summed E-state index contributed by atoms with van der Waals surface area (Å²) in [6, 6.07) is 18.9. The smallest absolute Gasteiger partial charge is 0.317 e. The maximum atomic E-state index is 15.0. The molecular formula is C34H34Cl2FN5O3. The van der Waals surface area contributed by atoms with Crippen LogP contribution in [0.2, 0.25) is 10.0 Å². The number of hydrogen-bond donors (Lipinski definition) is 2. The van der Waals surface area contributed by atoms with E-state index in [4.69, 9.17) is 23.2 Å². The van der Waals surface area contributed by atoms with Crippen LogP contribution in [0.3, 0.4) is 0 Å². The molecule has 0 radical (unpaired) electrons. The first-order valence-electron chi connectivity index (χ1n) is 15.1. The molecule has 2 atom stereocenters. The van der Waals surface area contributed by atoms with E-state index >= 15 is 0 Å². The zero-order valence-corrected chi connectivity index (χ0v) is 26.4. The number of benzene rings is 3. The summed E-state index contributed by atoms with van der Waals surface area (Å²) < 4.78 is 14.6. The maximum Gasteiger partial charge on any atom is 0.317 e. The van der Waals surface area contributed by atoms with Crippen molar-refractivity contribution in [1.29, 1.82) is 0 Å². The normalized spacial score (nSPS) is 20.2. The third-order valence-corrected chi connectivity index (χ3v) is 9.44. The lowest BCUT2D eigenvalue weighted by molar-refractivity contribution is -0.145. The molecule has 1 aromatic heterocycles. The largest absolute Gasteiger partial charge is 0.361 e. The Bertz CT molecular complexity index is 1740. The van der Waals surface area contributed by atoms with Gasteiger partial charge in [0.05, 0.1) is 16.5 Å². The number of urea groups is 1. The van der Waals surface area contributed by atoms with E-state index in [1.54, 1.807) is 26.8 Å². The van der Waals surface area contributed by atoms with Crippen LogP contribution in [0.1, 0.15) is 36.1 Å². The minimum Gasteiger partial charge on any atom is -0.361 e. The molecule has 2 saturated heterocycles. The number of aromatic nitrogens is 1. The second kappa shape index (κ2) is 12.7. The first-order chi connectivity index (χ1) is 21.7. The highest BCUT2D eigenvalue weighted by molar-refractivity contribution is 6.31. The number of fused-ring (bicyclic) bond motifs is 1. The second-order valence-corrected chi connectivity index (χ2v) is 12.6. The van der Waals surface area contributed by atoms with Gasteiger partial charge < -0.3 is 25.0 Å². The Hall–Kier alpha value is -4.08. The molecule has 6 rings (SSSR count). The highest BCUT2D eigenvalue weighted by Gasteiger charge is 2.58. The number of likely N-dealkylation sites (tertiary alicyclic amines) is 1. The number of nitrogens with one attached hydrogen (secondary N) is 2. The summed E-state index contributed by atoms with van der Waals surface area (Å²) in [6.45, 7) is 3.94. The quantitative estimate of drug-likeness (QED) is 0.250. The molecule has 3 aromatic carbocycles. The van der Waals surface area contributed by atoms with Gasteiger partial charge in [0.1, 0.15) is 5.82 Å². The highest BCUT2D eigenvalue weighted by Crippen LogP contribution is 2.53. The lowest BCUT2D eigenvalue weighted by Crippen LogP contribution is -2.57. The van der Waals surface area contributed by atoms with Crippen molar-refractivity contribution in [2.24, 2.45) is 5.41 Å². The van der Waals surface area contributed by atoms with Crippen LogP contribution in [0, 0.1) is 11.2 Å². The van der Waals surface area contributed by atoms with E-state index in [0.717, 1.165) is 22.0 Å². The molecule has 8 nitrogen and oxygen atoms in total. The van der Waals surface area contributed by atoms with Gasteiger partial charge in [0.15, 0.2) is 0 Å². The highest BCUT2D eigenvalue weighted by atomic mass is 35.5. The third kappa shape index (κ3) is 5.99. The molecule has 11 heteroatoms. The van der Waals surface area contributed by atoms with Gasteiger partial charge in [-0.2, -0.15) is 0 Å². The van der Waals surface area contributed by atoms with E-state index in [9.17, 15) is 18.8 Å². The van der Waals surface area contributed by atoms with Crippen LogP contribution in [0.4, 0.5) is 9.18 Å². The number of carbonyl (C=O) groups is 3. The third-order valence-electron chi connectivity index (χ3n) is 8.90. The molecule has 45 heavy (non-hydrogen) atoms. The van der Waals surface area contributed by atoms with Gasteiger partial charge in [-0.1, -0.05) is 65.7 Å². The van der Waals surface area contributed by atoms with Gasteiger partial charge in [-0.25, -0.2) is 9.18 Å². The van der Waals surface area contributed by atoms with Gasteiger partial charge in [0.2, 0.25) is 11.8 Å². The fourth-order valence-corrected chi connectivity index (χ4v) is 7.10. The van der Waals surface area contributed by atoms with Crippen LogP contribution >= 0.6 is 23.2 Å². The summed E-state index contributed by atoms with van der Waals surface area (Å²) in [5.74, 6) is -0.923. The van der Waals surface area contributed by atoms with Crippen LogP contribution in [0.15, 0.2) is 72.9 Å². The second-order valence-electron chi connectivity index (χ2n) is 11.7. The number of carbonyl (C=O) groups excluding carboxylic acids is 3. The molecular weight excluding hydrogens is 616 g/mol. The predicted octanol–water partition coefficient (Wildman–Crippen LogP) is 6.19. The van der Waals surface area contributed by atoms with Gasteiger partial charge in [0, 0.05) is 73.4 Å². The number of aromatic amines is 1. The standard InChI is InChI=1S/C34H34Cl2FN5O3/c1-2-38-33(45)41-14-12-40(13-15-41)32(44)34(18-22-6-4-3-5-7-22)19-30(43)42(21-23-8-11-27(36)28(37)16-23)31(34)26-20-39-29-17-24(35)9-10-25(26)29/h3-11,16-17,20,31,39H,2,12-15,18-19,21H2,1H3,(H,38,45)/t31-,34+/m0/s1. The summed E-state index contributed by atoms with van der Waals surface area (Å²) >= 11 is 12.3. The lowest BCUT2D eigenvalue weighted by Gasteiger charge is -2.43. The summed E-state index contributed by atoms with van der Waals surface area (Å²) in [4.78, 5) is 50.2. The molecule has 0 aliphatic carbocycles. The van der Waals surface area contributed by atoms with Crippen molar-refractivity contribution >= 4 is 52.0 Å². The summed E-state index contributed by atoms with van der Waals surface area (Å²) in [6.07, 6.45) is 2.13. The van der Waals surface area contributed by atoms with Gasteiger partial charge in [-0.05, 0) is 48.7 Å². The van der Waals surface area contributed by atoms with E-state index in [1.165, 1.54) is 12.1 Å². The number of hydrogen-bond acceptors (Lipinski definition) is 3. The van der Waals surface area contributed by atoms with Crippen LogP contribution < -0.4 is 5.32 Å². The van der Waals surface area contributed by atoms with Crippen LogP contribution in [0.5, 0.6) is 0 Å². The minimum atomic E-state index is -1.19. The number of piperazine rings is 1. The number of H-pyrrole nitrogens is 1. The van der Waals surface area contributed by atoms with Crippen molar-refractivity contribution < 1.29 is 18.8 Å². The summed E-state index contributed by atoms with van der Waals surface area (Å²) in [5, 5.41) is 4.23. The SMILES string of the molecule is CCNC(=O)N1CCN(C(=O)[C@]2(Cc3ccccc3)CC(=O)N(Cc3ccc(Cl)c(F)c3)[C@H]2c2c[nH]c3cc(Cl)ccc23)CC1. The van der Waals surface area contributed by atoms with Crippen LogP contribution in [-0.2, 0) is 22.6 Å². The molecule has 0 unspecified atom stereocenters. The Morgan fingerprint density at radius 1 is 0.978 bits per heavy atom. The number of nitrogens with zero attached hydrogens (tertiary/aromatic N) is 3. The number of halogens is 3. The van der Waals surface area contributed by atoms with E-state index in [2.05, 4.69) is 10.3 Å². The van der Waals surface area contributed by atoms with E-state index in [0.29, 0.717) is 49.7 Å². The van der Waals surface area contributed by atoms with Crippen molar-refractivity contribution in [3.63, 3.8) is 0 Å². The van der Waals surface area contributed by atoms with Crippen molar-refractivity contribution in [1.82, 2.24) is 25.0 Å². The Kier molecular flexibility index (Phi) is 8.75. The molecule has 2 aliphatic heterocycles. The maximum absolute atomic E-state index is 15.0. The fourth-order valence-electron chi connectivity index (χ4n) is 6.82. The lowest BCUT2D eigenvalue weighted by atomic mass is 9.71. The zero-order valence-electron chi connectivity index (χ0n) is 24.9. The van der Waals surface area contributed by atoms with Crippen molar-refractivity contribution in [2.45, 2.75) is 32.4 Å². The molecule has 234 valence electrons. The fraction of sp³-hybridized carbons (Fsp3) is 0.324. The molecule has 0 bridgehead atoms. The first kappa shape index (κ1) is 30.9. The molecule has 4 amide bonds. The summed E-state index contributed by atoms with van der Waals surface area (Å²) in [7, 11) is 0. The molecule has 4 aromatic rings. The average Bonchev–Trinajstić information content (AvgIpc) is 3.56. The van der Waals surface area contributed by atoms with E-state index < -0.39 is 17.3 Å². The van der Waals surface area contributed by atoms with Crippen molar-refractivity contribution in [3.8, 4) is 0 Å². The Labute approximate surface area is 271 Å². The predicted molar refractivity (Wildman–Crippen MR) is 172 cm³/mol. The Morgan fingerprint density at radius 3 is 2.42 bits per heavy atom. The number of rotatable bonds is 7. The molecule has 2 N–H and O–H groups in total. The topological polar surface area (TPSA) is 88.8 Å². The van der Waals surface area contributed by atoms with E-state index in [-0.39, 0.29) is 35.8 Å². The van der Waals surface area contributed by atoms with Crippen molar-refractivity contribution in [3.05, 3.63) is 105 Å². The number of amides is 4. The minimum absolute atomic E-state index is 0.00285. The van der Waals surface area contributed by atoms with Crippen LogP contribution in [0.25, 0.3) is 10.9 Å². The molecule has 2 fully saturated rings.